The van der Waals surface area contributed by atoms with Gasteiger partial charge in [0.25, 0.3) is 0 Å². The zero-order chi connectivity index (χ0) is 12.3. The van der Waals surface area contributed by atoms with Crippen LogP contribution in [0.2, 0.25) is 0 Å². The molecule has 1 fully saturated rings. The van der Waals surface area contributed by atoms with E-state index in [-0.39, 0.29) is 5.97 Å². The van der Waals surface area contributed by atoms with Crippen LogP contribution in [0.15, 0.2) is 24.3 Å². The summed E-state index contributed by atoms with van der Waals surface area (Å²) in [4.78, 5) is 11.6. The van der Waals surface area contributed by atoms with Gasteiger partial charge in [0.05, 0.1) is 20.3 Å². The zero-order valence-corrected chi connectivity index (χ0v) is 10.2. The topological polar surface area (TPSA) is 47.6 Å². The summed E-state index contributed by atoms with van der Waals surface area (Å²) in [5.74, 6) is -0.205. The SMILES string of the molecule is COC(=O)C1(CNc2ccc(C)cc2)COC1. The number of hydrogen-bond donors (Lipinski definition) is 1. The van der Waals surface area contributed by atoms with Gasteiger partial charge in [-0.3, -0.25) is 4.79 Å². The van der Waals surface area contributed by atoms with Gasteiger partial charge in [0, 0.05) is 12.2 Å². The average Bonchev–Trinajstić information content (AvgIpc) is 2.29. The van der Waals surface area contributed by atoms with E-state index in [2.05, 4.69) is 5.32 Å². The van der Waals surface area contributed by atoms with Gasteiger partial charge in [-0.25, -0.2) is 0 Å². The molecule has 1 aromatic carbocycles. The molecule has 4 nitrogen and oxygen atoms in total. The van der Waals surface area contributed by atoms with Gasteiger partial charge in [-0.1, -0.05) is 17.7 Å². The maximum absolute atomic E-state index is 11.6. The van der Waals surface area contributed by atoms with Crippen LogP contribution in [0.4, 0.5) is 5.69 Å². The molecule has 0 amide bonds. The van der Waals surface area contributed by atoms with Crippen molar-refractivity contribution in [3.05, 3.63) is 29.8 Å². The number of rotatable bonds is 4. The van der Waals surface area contributed by atoms with Crippen LogP contribution >= 0.6 is 0 Å². The number of aryl methyl sites for hydroxylation is 1. The average molecular weight is 235 g/mol. The van der Waals surface area contributed by atoms with E-state index in [9.17, 15) is 4.79 Å². The molecule has 1 heterocycles. The Hall–Kier alpha value is -1.55. The molecule has 0 aliphatic carbocycles. The van der Waals surface area contributed by atoms with Crippen LogP contribution < -0.4 is 5.32 Å². The Labute approximate surface area is 101 Å². The fourth-order valence-electron chi connectivity index (χ4n) is 1.80. The summed E-state index contributed by atoms with van der Waals surface area (Å²) in [6.45, 7) is 3.44. The van der Waals surface area contributed by atoms with Crippen LogP contribution in [0.25, 0.3) is 0 Å². The molecule has 0 saturated carbocycles. The van der Waals surface area contributed by atoms with Gasteiger partial charge in [-0.05, 0) is 19.1 Å². The van der Waals surface area contributed by atoms with Gasteiger partial charge < -0.3 is 14.8 Å². The molecule has 1 N–H and O–H groups in total. The van der Waals surface area contributed by atoms with Gasteiger partial charge >= 0.3 is 5.97 Å². The normalized spacial score (nSPS) is 17.1. The summed E-state index contributed by atoms with van der Waals surface area (Å²) in [5.41, 5.74) is 1.70. The molecule has 0 bridgehead atoms. The van der Waals surface area contributed by atoms with E-state index in [1.165, 1.54) is 12.7 Å². The Morgan fingerprint density at radius 1 is 1.41 bits per heavy atom. The minimum atomic E-state index is -0.514. The molecule has 92 valence electrons. The largest absolute Gasteiger partial charge is 0.468 e. The second-order valence-electron chi connectivity index (χ2n) is 4.48. The third kappa shape index (κ3) is 2.42. The number of ether oxygens (including phenoxy) is 2. The lowest BCUT2D eigenvalue weighted by Gasteiger charge is -2.38. The van der Waals surface area contributed by atoms with E-state index in [0.29, 0.717) is 19.8 Å². The highest BCUT2D eigenvalue weighted by Gasteiger charge is 2.47. The molecule has 0 radical (unpaired) electrons. The number of carbonyl (C=O) groups excluding carboxylic acids is 1. The predicted octanol–water partition coefficient (Wildman–Crippen LogP) is 1.60. The molecule has 0 aromatic heterocycles. The van der Waals surface area contributed by atoms with Crippen molar-refractivity contribution in [2.24, 2.45) is 5.41 Å². The van der Waals surface area contributed by atoms with Crippen molar-refractivity contribution < 1.29 is 14.3 Å². The number of hydrogen-bond acceptors (Lipinski definition) is 4. The van der Waals surface area contributed by atoms with Crippen molar-refractivity contribution >= 4 is 11.7 Å². The molecule has 17 heavy (non-hydrogen) atoms. The molecular weight excluding hydrogens is 218 g/mol. The van der Waals surface area contributed by atoms with E-state index in [4.69, 9.17) is 9.47 Å². The first-order chi connectivity index (χ1) is 8.16. The Balaban J connectivity index is 1.96. The Bertz CT molecular complexity index is 396. The quantitative estimate of drug-likeness (QED) is 0.805. The molecule has 0 spiro atoms. The molecule has 0 unspecified atom stereocenters. The highest BCUT2D eigenvalue weighted by molar-refractivity contribution is 5.78. The second kappa shape index (κ2) is 4.75. The highest BCUT2D eigenvalue weighted by Crippen LogP contribution is 2.29. The minimum absolute atomic E-state index is 0.205. The Morgan fingerprint density at radius 3 is 2.53 bits per heavy atom. The van der Waals surface area contributed by atoms with Gasteiger partial charge in [0.2, 0.25) is 0 Å². The van der Waals surface area contributed by atoms with Crippen molar-refractivity contribution in [1.29, 1.82) is 0 Å². The van der Waals surface area contributed by atoms with E-state index in [1.54, 1.807) is 0 Å². The number of esters is 1. The van der Waals surface area contributed by atoms with Crippen molar-refractivity contribution in [1.82, 2.24) is 0 Å². The fourth-order valence-corrected chi connectivity index (χ4v) is 1.80. The first kappa shape index (κ1) is 11.9. The maximum atomic E-state index is 11.6. The van der Waals surface area contributed by atoms with Gasteiger partial charge in [0.15, 0.2) is 0 Å². The predicted molar refractivity (Wildman–Crippen MR) is 64.9 cm³/mol. The van der Waals surface area contributed by atoms with Crippen LogP contribution in [0.3, 0.4) is 0 Å². The van der Waals surface area contributed by atoms with Gasteiger partial charge in [0.1, 0.15) is 5.41 Å². The number of carbonyl (C=O) groups is 1. The van der Waals surface area contributed by atoms with Crippen molar-refractivity contribution in [2.75, 3.05) is 32.2 Å². The highest BCUT2D eigenvalue weighted by atomic mass is 16.5. The van der Waals surface area contributed by atoms with Crippen LogP contribution in [0.1, 0.15) is 5.56 Å². The van der Waals surface area contributed by atoms with Crippen molar-refractivity contribution in [3.63, 3.8) is 0 Å². The van der Waals surface area contributed by atoms with Crippen molar-refractivity contribution in [2.45, 2.75) is 6.92 Å². The lowest BCUT2D eigenvalue weighted by Crippen LogP contribution is -2.54. The number of benzene rings is 1. The molecule has 2 rings (SSSR count). The van der Waals surface area contributed by atoms with E-state index in [0.717, 1.165) is 5.69 Å². The van der Waals surface area contributed by atoms with Gasteiger partial charge in [-0.2, -0.15) is 0 Å². The Kier molecular flexibility index (Phi) is 3.33. The van der Waals surface area contributed by atoms with Crippen LogP contribution in [0, 0.1) is 12.3 Å². The molecular formula is C13H17NO3. The second-order valence-corrected chi connectivity index (χ2v) is 4.48. The molecule has 1 aliphatic heterocycles. The summed E-state index contributed by atoms with van der Waals surface area (Å²) in [7, 11) is 1.41. The summed E-state index contributed by atoms with van der Waals surface area (Å²) in [6.07, 6.45) is 0. The molecule has 1 saturated heterocycles. The first-order valence-corrected chi connectivity index (χ1v) is 5.63. The van der Waals surface area contributed by atoms with Crippen LogP contribution in [-0.2, 0) is 14.3 Å². The van der Waals surface area contributed by atoms with Crippen LogP contribution in [0.5, 0.6) is 0 Å². The number of nitrogens with one attached hydrogen (secondary N) is 1. The summed E-state index contributed by atoms with van der Waals surface area (Å²) < 4.78 is 9.93. The molecule has 0 atom stereocenters. The summed E-state index contributed by atoms with van der Waals surface area (Å²) in [6, 6.07) is 8.06. The lowest BCUT2D eigenvalue weighted by atomic mass is 9.86. The zero-order valence-electron chi connectivity index (χ0n) is 10.2. The van der Waals surface area contributed by atoms with E-state index in [1.807, 2.05) is 31.2 Å². The van der Waals surface area contributed by atoms with E-state index >= 15 is 0 Å². The van der Waals surface area contributed by atoms with Gasteiger partial charge in [-0.15, -0.1) is 0 Å². The summed E-state index contributed by atoms with van der Waals surface area (Å²) in [5, 5.41) is 3.25. The summed E-state index contributed by atoms with van der Waals surface area (Å²) >= 11 is 0. The molecule has 4 heteroatoms. The number of anilines is 1. The van der Waals surface area contributed by atoms with Crippen LogP contribution in [-0.4, -0.2) is 32.8 Å². The number of methoxy groups -OCH3 is 1. The van der Waals surface area contributed by atoms with Crippen molar-refractivity contribution in [3.8, 4) is 0 Å². The maximum Gasteiger partial charge on any atom is 0.318 e. The lowest BCUT2D eigenvalue weighted by molar-refractivity contribution is -0.180. The smallest absolute Gasteiger partial charge is 0.318 e. The first-order valence-electron chi connectivity index (χ1n) is 5.63. The third-order valence-electron chi connectivity index (χ3n) is 3.06. The standard InChI is InChI=1S/C13H17NO3/c1-10-3-5-11(6-4-10)14-7-13(8-17-9-13)12(15)16-2/h3-6,14H,7-9H2,1-2H3. The fraction of sp³-hybridized carbons (Fsp3) is 0.462. The molecule has 1 aromatic rings. The monoisotopic (exact) mass is 235 g/mol. The minimum Gasteiger partial charge on any atom is -0.468 e. The molecule has 1 aliphatic rings. The Morgan fingerprint density at radius 2 is 2.06 bits per heavy atom. The third-order valence-corrected chi connectivity index (χ3v) is 3.06. The van der Waals surface area contributed by atoms with E-state index < -0.39 is 5.41 Å².